The van der Waals surface area contributed by atoms with Crippen LogP contribution in [0.4, 0.5) is 0 Å². The molecule has 0 aliphatic carbocycles. The van der Waals surface area contributed by atoms with Gasteiger partial charge in [0.25, 0.3) is 5.91 Å². The van der Waals surface area contributed by atoms with Crippen molar-refractivity contribution in [2.24, 2.45) is 0 Å². The Labute approximate surface area is 176 Å². The van der Waals surface area contributed by atoms with Gasteiger partial charge in [0.05, 0.1) is 13.2 Å². The number of ether oxygens (including phenoxy) is 2. The quantitative estimate of drug-likeness (QED) is 0.563. The van der Waals surface area contributed by atoms with Crippen LogP contribution >= 0.6 is 0 Å². The van der Waals surface area contributed by atoms with Gasteiger partial charge in [-0.3, -0.25) is 9.59 Å². The molecule has 0 radical (unpaired) electrons. The van der Waals surface area contributed by atoms with Crippen molar-refractivity contribution in [3.8, 4) is 11.5 Å². The maximum Gasteiger partial charge on any atom is 0.258 e. The summed E-state index contributed by atoms with van der Waals surface area (Å²) < 4.78 is 11.0. The second-order valence-electron chi connectivity index (χ2n) is 7.03. The first-order chi connectivity index (χ1) is 14.5. The van der Waals surface area contributed by atoms with E-state index in [2.05, 4.69) is 5.32 Å². The fourth-order valence-electron chi connectivity index (χ4n) is 3.12. The van der Waals surface area contributed by atoms with Gasteiger partial charge in [-0.25, -0.2) is 0 Å². The first-order valence-electron chi connectivity index (χ1n) is 9.70. The molecule has 0 aliphatic rings. The largest absolute Gasteiger partial charge is 0.493 e. The highest BCUT2D eigenvalue weighted by Gasteiger charge is 2.18. The highest BCUT2D eigenvalue weighted by Crippen LogP contribution is 2.28. The number of Topliss-reactive ketones (excluding diaryl/α,β-unsaturated/α-hetero) is 1. The fraction of sp³-hybridized carbons (Fsp3) is 0.200. The molecule has 1 atom stereocenters. The molecule has 0 saturated heterocycles. The number of ketones is 1. The van der Waals surface area contributed by atoms with E-state index in [1.165, 1.54) is 14.0 Å². The molecule has 5 nitrogen and oxygen atoms in total. The highest BCUT2D eigenvalue weighted by atomic mass is 16.5. The Morgan fingerprint density at radius 1 is 0.900 bits per heavy atom. The lowest BCUT2D eigenvalue weighted by atomic mass is 9.98. The summed E-state index contributed by atoms with van der Waals surface area (Å²) in [6.07, 6.45) is 0. The number of hydrogen-bond acceptors (Lipinski definition) is 4. The van der Waals surface area contributed by atoms with Crippen LogP contribution in [-0.4, -0.2) is 25.4 Å². The number of rotatable bonds is 8. The van der Waals surface area contributed by atoms with Gasteiger partial charge in [-0.05, 0) is 43.2 Å². The van der Waals surface area contributed by atoms with Crippen molar-refractivity contribution in [3.05, 3.63) is 95.1 Å². The Morgan fingerprint density at radius 2 is 1.57 bits per heavy atom. The summed E-state index contributed by atoms with van der Waals surface area (Å²) >= 11 is 0. The van der Waals surface area contributed by atoms with Gasteiger partial charge in [-0.1, -0.05) is 60.2 Å². The van der Waals surface area contributed by atoms with E-state index in [4.69, 9.17) is 9.47 Å². The molecule has 30 heavy (non-hydrogen) atoms. The van der Waals surface area contributed by atoms with Crippen LogP contribution in [0.2, 0.25) is 0 Å². The highest BCUT2D eigenvalue weighted by molar-refractivity contribution is 5.94. The minimum Gasteiger partial charge on any atom is -0.493 e. The lowest BCUT2D eigenvalue weighted by Crippen LogP contribution is -2.33. The predicted molar refractivity (Wildman–Crippen MR) is 116 cm³/mol. The molecule has 3 rings (SSSR count). The van der Waals surface area contributed by atoms with Gasteiger partial charge in [-0.15, -0.1) is 0 Å². The van der Waals surface area contributed by atoms with Gasteiger partial charge < -0.3 is 14.8 Å². The lowest BCUT2D eigenvalue weighted by Gasteiger charge is -2.20. The van der Waals surface area contributed by atoms with E-state index in [1.54, 1.807) is 18.2 Å². The number of nitrogens with one attached hydrogen (secondary N) is 1. The van der Waals surface area contributed by atoms with Gasteiger partial charge in [0.2, 0.25) is 0 Å². The topological polar surface area (TPSA) is 64.6 Å². The van der Waals surface area contributed by atoms with E-state index in [0.29, 0.717) is 17.1 Å². The van der Waals surface area contributed by atoms with Crippen LogP contribution in [0.25, 0.3) is 0 Å². The van der Waals surface area contributed by atoms with E-state index >= 15 is 0 Å². The molecule has 0 bridgehead atoms. The minimum atomic E-state index is -0.287. The van der Waals surface area contributed by atoms with Crippen molar-refractivity contribution in [2.75, 3.05) is 13.7 Å². The number of benzene rings is 3. The number of hydrogen-bond donors (Lipinski definition) is 1. The number of amides is 1. The van der Waals surface area contributed by atoms with Crippen LogP contribution in [0.5, 0.6) is 11.5 Å². The number of carbonyl (C=O) groups is 2. The van der Waals surface area contributed by atoms with Gasteiger partial charge in [0.15, 0.2) is 23.9 Å². The Kier molecular flexibility index (Phi) is 6.86. The molecule has 0 spiro atoms. The molecule has 0 saturated carbocycles. The number of aryl methyl sites for hydroxylation is 1. The third kappa shape index (κ3) is 5.26. The Balaban J connectivity index is 1.74. The average molecular weight is 403 g/mol. The van der Waals surface area contributed by atoms with E-state index in [9.17, 15) is 9.59 Å². The molecule has 154 valence electrons. The maximum atomic E-state index is 12.7. The minimum absolute atomic E-state index is 0.0682. The molecule has 0 heterocycles. The monoisotopic (exact) mass is 403 g/mol. The molecule has 1 N–H and O–H groups in total. The second kappa shape index (κ2) is 9.74. The summed E-state index contributed by atoms with van der Waals surface area (Å²) in [6.45, 7) is 3.33. The third-order valence-electron chi connectivity index (χ3n) is 4.78. The number of methoxy groups -OCH3 is 1. The van der Waals surface area contributed by atoms with E-state index in [1.807, 2.05) is 61.5 Å². The van der Waals surface area contributed by atoms with Crippen molar-refractivity contribution in [3.63, 3.8) is 0 Å². The summed E-state index contributed by atoms with van der Waals surface area (Å²) in [5.74, 6) is 0.487. The van der Waals surface area contributed by atoms with Crippen LogP contribution in [0.1, 0.15) is 40.0 Å². The van der Waals surface area contributed by atoms with Crippen LogP contribution in [0, 0.1) is 6.92 Å². The molecule has 3 aromatic rings. The van der Waals surface area contributed by atoms with Gasteiger partial charge in [0, 0.05) is 5.56 Å². The Bertz CT molecular complexity index is 1010. The molecule has 0 aliphatic heterocycles. The van der Waals surface area contributed by atoms with E-state index in [0.717, 1.165) is 16.7 Å². The van der Waals surface area contributed by atoms with Crippen LogP contribution in [0.15, 0.2) is 72.8 Å². The second-order valence-corrected chi connectivity index (χ2v) is 7.03. The Hall–Kier alpha value is -3.60. The molecule has 1 unspecified atom stereocenters. The predicted octanol–water partition coefficient (Wildman–Crippen LogP) is 4.49. The third-order valence-corrected chi connectivity index (χ3v) is 4.78. The van der Waals surface area contributed by atoms with Crippen LogP contribution in [0.3, 0.4) is 0 Å². The van der Waals surface area contributed by atoms with E-state index in [-0.39, 0.29) is 24.3 Å². The van der Waals surface area contributed by atoms with Gasteiger partial charge in [0.1, 0.15) is 0 Å². The fourth-order valence-corrected chi connectivity index (χ4v) is 3.12. The zero-order chi connectivity index (χ0) is 21.5. The van der Waals surface area contributed by atoms with Crippen molar-refractivity contribution < 1.29 is 19.1 Å². The van der Waals surface area contributed by atoms with E-state index < -0.39 is 0 Å². The maximum absolute atomic E-state index is 12.7. The zero-order valence-electron chi connectivity index (χ0n) is 17.3. The van der Waals surface area contributed by atoms with Crippen LogP contribution in [-0.2, 0) is 4.79 Å². The summed E-state index contributed by atoms with van der Waals surface area (Å²) in [5, 5.41) is 3.05. The molecule has 5 heteroatoms. The molecular formula is C25H25NO4. The van der Waals surface area contributed by atoms with Gasteiger partial charge >= 0.3 is 0 Å². The molecule has 3 aromatic carbocycles. The normalized spacial score (nSPS) is 11.4. The molecular weight excluding hydrogens is 378 g/mol. The summed E-state index contributed by atoms with van der Waals surface area (Å²) in [7, 11) is 1.50. The number of carbonyl (C=O) groups excluding carboxylic acids is 2. The summed E-state index contributed by atoms with van der Waals surface area (Å²) in [6, 6.07) is 22.5. The molecule has 0 aromatic heterocycles. The smallest absolute Gasteiger partial charge is 0.258 e. The first-order valence-corrected chi connectivity index (χ1v) is 9.70. The Morgan fingerprint density at radius 3 is 2.20 bits per heavy atom. The zero-order valence-corrected chi connectivity index (χ0v) is 17.3. The molecule has 1 amide bonds. The van der Waals surface area contributed by atoms with Crippen molar-refractivity contribution in [2.45, 2.75) is 19.9 Å². The van der Waals surface area contributed by atoms with Crippen molar-refractivity contribution >= 4 is 11.7 Å². The lowest BCUT2D eigenvalue weighted by molar-refractivity contribution is -0.123. The first kappa shape index (κ1) is 21.1. The average Bonchev–Trinajstić information content (AvgIpc) is 2.77. The molecule has 0 fully saturated rings. The SMILES string of the molecule is COc1cc(C(C)=O)ccc1OCC(=O)NC(c1ccccc1)c1ccc(C)cc1. The summed E-state index contributed by atoms with van der Waals surface area (Å²) in [4.78, 5) is 24.2. The van der Waals surface area contributed by atoms with Gasteiger partial charge in [-0.2, -0.15) is 0 Å². The van der Waals surface area contributed by atoms with Crippen molar-refractivity contribution in [1.29, 1.82) is 0 Å². The van der Waals surface area contributed by atoms with Crippen LogP contribution < -0.4 is 14.8 Å². The summed E-state index contributed by atoms with van der Waals surface area (Å²) in [5.41, 5.74) is 3.65. The van der Waals surface area contributed by atoms with Crippen molar-refractivity contribution in [1.82, 2.24) is 5.32 Å². The standard InChI is InChI=1S/C25H25NO4/c1-17-9-11-20(12-10-17)25(19-7-5-4-6-8-19)26-24(28)16-30-22-14-13-21(18(2)27)15-23(22)29-3/h4-15,25H,16H2,1-3H3,(H,26,28).